The van der Waals surface area contributed by atoms with Gasteiger partial charge in [-0.05, 0) is 20.8 Å². The van der Waals surface area contributed by atoms with Crippen LogP contribution in [0.15, 0.2) is 0 Å². The third kappa shape index (κ3) is 4.59. The smallest absolute Gasteiger partial charge is 0.233 e. The Hall–Kier alpha value is -0.650. The highest BCUT2D eigenvalue weighted by Gasteiger charge is 2.28. The van der Waals surface area contributed by atoms with Gasteiger partial charge in [0.1, 0.15) is 0 Å². The molecule has 0 aliphatic carbocycles. The van der Waals surface area contributed by atoms with Gasteiger partial charge in [0.25, 0.3) is 0 Å². The lowest BCUT2D eigenvalue weighted by molar-refractivity contribution is -0.252. The summed E-state index contributed by atoms with van der Waals surface area (Å²) in [5, 5.41) is 5.80. The second kappa shape index (κ2) is 5.44. The number of carbonyl (C=O) groups excluding carboxylic acids is 1. The Balaban J connectivity index is 2.16. The lowest BCUT2D eigenvalue weighted by atomic mass is 10.2. The molecule has 0 bridgehead atoms. The summed E-state index contributed by atoms with van der Waals surface area (Å²) in [6, 6.07) is 0.0978. The highest BCUT2D eigenvalue weighted by molar-refractivity contribution is 5.77. The molecule has 0 atom stereocenters. The maximum atomic E-state index is 11.2. The molecule has 1 heterocycles. The monoisotopic (exact) mass is 216 g/mol. The van der Waals surface area contributed by atoms with Crippen molar-refractivity contribution in [3.63, 3.8) is 0 Å². The summed E-state index contributed by atoms with van der Waals surface area (Å²) in [5.74, 6) is -0.494. The predicted molar refractivity (Wildman–Crippen MR) is 56.5 cm³/mol. The van der Waals surface area contributed by atoms with Gasteiger partial charge in [0.2, 0.25) is 5.91 Å². The van der Waals surface area contributed by atoms with E-state index in [9.17, 15) is 4.79 Å². The van der Waals surface area contributed by atoms with Gasteiger partial charge in [0.15, 0.2) is 5.79 Å². The minimum atomic E-state index is -0.496. The van der Waals surface area contributed by atoms with Crippen LogP contribution in [0.25, 0.3) is 0 Å². The molecule has 5 heteroatoms. The normalized spacial score (nSPS) is 21.3. The number of ether oxygens (including phenoxy) is 2. The average Bonchev–Trinajstić information content (AvgIpc) is 2.17. The number of hydrogen-bond donors (Lipinski definition) is 2. The molecule has 0 radical (unpaired) electrons. The molecular formula is C10H20N2O3. The zero-order valence-corrected chi connectivity index (χ0v) is 9.63. The molecule has 0 aromatic heterocycles. The second-order valence-corrected chi connectivity index (χ2v) is 4.05. The van der Waals surface area contributed by atoms with Crippen LogP contribution < -0.4 is 10.6 Å². The molecular weight excluding hydrogens is 196 g/mol. The van der Waals surface area contributed by atoms with Crippen molar-refractivity contribution in [2.75, 3.05) is 26.3 Å². The summed E-state index contributed by atoms with van der Waals surface area (Å²) >= 11 is 0. The molecule has 15 heavy (non-hydrogen) atoms. The maximum Gasteiger partial charge on any atom is 0.233 e. The van der Waals surface area contributed by atoms with Crippen molar-refractivity contribution < 1.29 is 14.3 Å². The molecule has 0 unspecified atom stereocenters. The molecule has 2 N–H and O–H groups in total. The van der Waals surface area contributed by atoms with Gasteiger partial charge in [-0.15, -0.1) is 0 Å². The Labute approximate surface area is 90.5 Å². The largest absolute Gasteiger partial charge is 0.355 e. The first-order valence-electron chi connectivity index (χ1n) is 5.31. The lowest BCUT2D eigenvalue weighted by Crippen LogP contribution is -2.50. The van der Waals surface area contributed by atoms with Gasteiger partial charge in [-0.2, -0.15) is 0 Å². The van der Waals surface area contributed by atoms with Gasteiger partial charge in [-0.25, -0.2) is 0 Å². The molecule has 1 amide bonds. The van der Waals surface area contributed by atoms with Crippen LogP contribution in [0.3, 0.4) is 0 Å². The quantitative estimate of drug-likeness (QED) is 0.687. The van der Waals surface area contributed by atoms with Gasteiger partial charge in [0, 0.05) is 6.54 Å². The van der Waals surface area contributed by atoms with Gasteiger partial charge in [-0.1, -0.05) is 0 Å². The van der Waals surface area contributed by atoms with E-state index in [-0.39, 0.29) is 11.9 Å². The van der Waals surface area contributed by atoms with Crippen LogP contribution >= 0.6 is 0 Å². The summed E-state index contributed by atoms with van der Waals surface area (Å²) in [6.45, 7) is 7.78. The third-order valence-corrected chi connectivity index (χ3v) is 2.19. The number of nitrogens with one attached hydrogen (secondary N) is 2. The van der Waals surface area contributed by atoms with Crippen LogP contribution in [-0.4, -0.2) is 44.0 Å². The molecule has 0 aromatic carbocycles. The lowest BCUT2D eigenvalue weighted by Gasteiger charge is -2.35. The molecule has 5 nitrogen and oxygen atoms in total. The van der Waals surface area contributed by atoms with E-state index in [1.807, 2.05) is 20.8 Å². The fourth-order valence-electron chi connectivity index (χ4n) is 1.31. The van der Waals surface area contributed by atoms with Crippen molar-refractivity contribution in [1.82, 2.24) is 10.6 Å². The van der Waals surface area contributed by atoms with E-state index in [1.165, 1.54) is 0 Å². The van der Waals surface area contributed by atoms with E-state index < -0.39 is 5.79 Å². The first kappa shape index (κ1) is 12.4. The fourth-order valence-corrected chi connectivity index (χ4v) is 1.31. The minimum absolute atomic E-state index is 0.00216. The first-order chi connectivity index (χ1) is 7.03. The SMILES string of the molecule is CCNC(=O)CNC1COC(C)(C)OC1. The summed E-state index contributed by atoms with van der Waals surface area (Å²) in [7, 11) is 0. The summed E-state index contributed by atoms with van der Waals surface area (Å²) < 4.78 is 10.9. The van der Waals surface area contributed by atoms with E-state index in [0.29, 0.717) is 26.3 Å². The Morgan fingerprint density at radius 1 is 1.40 bits per heavy atom. The van der Waals surface area contributed by atoms with E-state index in [1.54, 1.807) is 0 Å². The molecule has 0 aromatic rings. The summed E-state index contributed by atoms with van der Waals surface area (Å²) in [4.78, 5) is 11.2. The average molecular weight is 216 g/mol. The molecule has 1 aliphatic heterocycles. The van der Waals surface area contributed by atoms with Crippen molar-refractivity contribution in [3.8, 4) is 0 Å². The molecule has 88 valence electrons. The molecule has 0 spiro atoms. The summed E-state index contributed by atoms with van der Waals surface area (Å²) in [5.41, 5.74) is 0. The number of amides is 1. The van der Waals surface area contributed by atoms with E-state index >= 15 is 0 Å². The minimum Gasteiger partial charge on any atom is -0.355 e. The van der Waals surface area contributed by atoms with Crippen LogP contribution in [0.2, 0.25) is 0 Å². The Kier molecular flexibility index (Phi) is 4.50. The number of hydrogen-bond acceptors (Lipinski definition) is 4. The van der Waals surface area contributed by atoms with Crippen molar-refractivity contribution in [2.24, 2.45) is 0 Å². The molecule has 1 aliphatic rings. The topological polar surface area (TPSA) is 59.6 Å². The van der Waals surface area contributed by atoms with Gasteiger partial charge in [-0.3, -0.25) is 4.79 Å². The van der Waals surface area contributed by atoms with E-state index in [2.05, 4.69) is 10.6 Å². The third-order valence-electron chi connectivity index (χ3n) is 2.19. The zero-order valence-electron chi connectivity index (χ0n) is 9.63. The molecule has 0 saturated carbocycles. The number of rotatable bonds is 4. The van der Waals surface area contributed by atoms with Crippen LogP contribution in [0.5, 0.6) is 0 Å². The number of likely N-dealkylation sites (N-methyl/N-ethyl adjacent to an activating group) is 1. The van der Waals surface area contributed by atoms with Gasteiger partial charge >= 0.3 is 0 Å². The Morgan fingerprint density at radius 2 is 2.00 bits per heavy atom. The molecule has 1 rings (SSSR count). The maximum absolute atomic E-state index is 11.2. The van der Waals surface area contributed by atoms with Crippen LogP contribution in [-0.2, 0) is 14.3 Å². The van der Waals surface area contributed by atoms with Crippen LogP contribution in [0, 0.1) is 0 Å². The van der Waals surface area contributed by atoms with Crippen LogP contribution in [0.4, 0.5) is 0 Å². The predicted octanol–water partition coefficient (Wildman–Crippen LogP) is -0.136. The number of carbonyl (C=O) groups is 1. The Bertz CT molecular complexity index is 209. The van der Waals surface area contributed by atoms with Gasteiger partial charge in [0.05, 0.1) is 25.8 Å². The van der Waals surface area contributed by atoms with Crippen molar-refractivity contribution >= 4 is 5.91 Å². The zero-order chi connectivity index (χ0) is 11.3. The Morgan fingerprint density at radius 3 is 2.53 bits per heavy atom. The van der Waals surface area contributed by atoms with Crippen molar-refractivity contribution in [1.29, 1.82) is 0 Å². The highest BCUT2D eigenvalue weighted by Crippen LogP contribution is 2.16. The van der Waals surface area contributed by atoms with Crippen molar-refractivity contribution in [2.45, 2.75) is 32.6 Å². The van der Waals surface area contributed by atoms with E-state index in [4.69, 9.17) is 9.47 Å². The standard InChI is InChI=1S/C10H20N2O3/c1-4-11-9(13)5-12-8-6-14-10(2,3)15-7-8/h8,12H,4-7H2,1-3H3,(H,11,13). The molecule has 1 saturated heterocycles. The van der Waals surface area contributed by atoms with Gasteiger partial charge < -0.3 is 20.1 Å². The fraction of sp³-hybridized carbons (Fsp3) is 0.900. The van der Waals surface area contributed by atoms with Crippen LogP contribution in [0.1, 0.15) is 20.8 Å². The second-order valence-electron chi connectivity index (χ2n) is 4.05. The van der Waals surface area contributed by atoms with Crippen molar-refractivity contribution in [3.05, 3.63) is 0 Å². The molecule has 1 fully saturated rings. The first-order valence-corrected chi connectivity index (χ1v) is 5.31. The summed E-state index contributed by atoms with van der Waals surface area (Å²) in [6.07, 6.45) is 0. The van der Waals surface area contributed by atoms with E-state index in [0.717, 1.165) is 0 Å². The highest BCUT2D eigenvalue weighted by atomic mass is 16.7.